The third-order valence-corrected chi connectivity index (χ3v) is 2.36. The molecule has 5 nitrogen and oxygen atoms in total. The number of carbonyl (C=O) groups excluding carboxylic acids is 1. The fourth-order valence-electron chi connectivity index (χ4n) is 1.52. The van der Waals surface area contributed by atoms with Gasteiger partial charge in [-0.3, -0.25) is 4.79 Å². The van der Waals surface area contributed by atoms with Crippen LogP contribution in [0.15, 0.2) is 36.7 Å². The molecule has 94 valence electrons. The molecule has 1 amide bonds. The van der Waals surface area contributed by atoms with Gasteiger partial charge in [0.15, 0.2) is 0 Å². The van der Waals surface area contributed by atoms with Crippen LogP contribution in [0.1, 0.15) is 10.4 Å². The van der Waals surface area contributed by atoms with Crippen LogP contribution >= 0.6 is 0 Å². The molecular formula is C12H12FN3O2. The van der Waals surface area contributed by atoms with E-state index in [0.717, 1.165) is 6.07 Å². The van der Waals surface area contributed by atoms with Crippen LogP contribution in [0.5, 0.6) is 0 Å². The Kier molecular flexibility index (Phi) is 3.69. The number of aliphatic hydroxyl groups excluding tert-OH is 1. The van der Waals surface area contributed by atoms with Crippen molar-refractivity contribution in [3.05, 3.63) is 48.0 Å². The van der Waals surface area contributed by atoms with E-state index in [-0.39, 0.29) is 24.4 Å². The summed E-state index contributed by atoms with van der Waals surface area (Å²) in [7, 11) is 0. The predicted octanol–water partition coefficient (Wildman–Crippen LogP) is 0.733. The molecular weight excluding hydrogens is 237 g/mol. The number of nitrogens with zero attached hydrogens (tertiary/aromatic N) is 2. The lowest BCUT2D eigenvalue weighted by Crippen LogP contribution is -2.26. The number of amides is 1. The normalized spacial score (nSPS) is 10.3. The van der Waals surface area contributed by atoms with Crippen molar-refractivity contribution in [2.75, 3.05) is 13.2 Å². The predicted molar refractivity (Wildman–Crippen MR) is 62.9 cm³/mol. The van der Waals surface area contributed by atoms with Gasteiger partial charge in [0.25, 0.3) is 5.91 Å². The molecule has 0 atom stereocenters. The molecule has 6 heteroatoms. The summed E-state index contributed by atoms with van der Waals surface area (Å²) in [5.41, 5.74) is 0.482. The average Bonchev–Trinajstić information content (AvgIpc) is 2.89. The lowest BCUT2D eigenvalue weighted by Gasteiger charge is -2.06. The van der Waals surface area contributed by atoms with Gasteiger partial charge in [0, 0.05) is 24.5 Å². The van der Waals surface area contributed by atoms with E-state index in [1.165, 1.54) is 16.8 Å². The number of benzene rings is 1. The van der Waals surface area contributed by atoms with Gasteiger partial charge in [-0.15, -0.1) is 0 Å². The van der Waals surface area contributed by atoms with Gasteiger partial charge in [0.2, 0.25) is 0 Å². The Morgan fingerprint density at radius 3 is 2.94 bits per heavy atom. The SMILES string of the molecule is O=C(NCCO)c1ccc(-n2cccn2)c(F)c1. The van der Waals surface area contributed by atoms with Crippen molar-refractivity contribution in [1.29, 1.82) is 0 Å². The van der Waals surface area contributed by atoms with Crippen LogP contribution in [0.2, 0.25) is 0 Å². The Morgan fingerprint density at radius 1 is 1.50 bits per heavy atom. The van der Waals surface area contributed by atoms with Crippen molar-refractivity contribution >= 4 is 5.91 Å². The van der Waals surface area contributed by atoms with Crippen molar-refractivity contribution in [3.8, 4) is 5.69 Å². The smallest absolute Gasteiger partial charge is 0.251 e. The summed E-state index contributed by atoms with van der Waals surface area (Å²) in [6.45, 7) is -0.0129. The Labute approximate surface area is 103 Å². The average molecular weight is 249 g/mol. The van der Waals surface area contributed by atoms with Gasteiger partial charge in [-0.05, 0) is 24.3 Å². The van der Waals surface area contributed by atoms with E-state index < -0.39 is 11.7 Å². The third kappa shape index (κ3) is 2.54. The zero-order chi connectivity index (χ0) is 13.0. The number of rotatable bonds is 4. The van der Waals surface area contributed by atoms with Gasteiger partial charge in [0.05, 0.1) is 6.61 Å². The molecule has 0 fully saturated rings. The highest BCUT2D eigenvalue weighted by Gasteiger charge is 2.10. The van der Waals surface area contributed by atoms with Crippen LogP contribution in [0.3, 0.4) is 0 Å². The second-order valence-corrected chi connectivity index (χ2v) is 3.60. The first-order valence-electron chi connectivity index (χ1n) is 5.41. The van der Waals surface area contributed by atoms with E-state index in [4.69, 9.17) is 5.11 Å². The second-order valence-electron chi connectivity index (χ2n) is 3.60. The van der Waals surface area contributed by atoms with E-state index >= 15 is 0 Å². The first-order valence-corrected chi connectivity index (χ1v) is 5.41. The first kappa shape index (κ1) is 12.3. The standard InChI is InChI=1S/C12H12FN3O2/c13-10-8-9(12(18)14-5-7-17)2-3-11(10)16-6-1-4-15-16/h1-4,6,8,17H,5,7H2,(H,14,18). The minimum Gasteiger partial charge on any atom is -0.395 e. The molecule has 0 bridgehead atoms. The van der Waals surface area contributed by atoms with E-state index in [1.54, 1.807) is 18.5 Å². The van der Waals surface area contributed by atoms with Gasteiger partial charge in [0.1, 0.15) is 11.5 Å². The quantitative estimate of drug-likeness (QED) is 0.839. The summed E-state index contributed by atoms with van der Waals surface area (Å²) < 4.78 is 15.2. The van der Waals surface area contributed by atoms with E-state index in [0.29, 0.717) is 0 Å². The van der Waals surface area contributed by atoms with Gasteiger partial charge in [-0.1, -0.05) is 0 Å². The summed E-state index contributed by atoms with van der Waals surface area (Å²) in [4.78, 5) is 11.5. The summed E-state index contributed by atoms with van der Waals surface area (Å²) >= 11 is 0. The molecule has 2 N–H and O–H groups in total. The maximum absolute atomic E-state index is 13.8. The fourth-order valence-corrected chi connectivity index (χ4v) is 1.52. The molecule has 0 aliphatic carbocycles. The van der Waals surface area contributed by atoms with Crippen molar-refractivity contribution in [2.45, 2.75) is 0 Å². The van der Waals surface area contributed by atoms with E-state index in [2.05, 4.69) is 10.4 Å². The summed E-state index contributed by atoms with van der Waals surface area (Å²) in [5, 5.41) is 15.0. The van der Waals surface area contributed by atoms with Crippen LogP contribution in [0, 0.1) is 5.82 Å². The highest BCUT2D eigenvalue weighted by molar-refractivity contribution is 5.94. The molecule has 0 spiro atoms. The summed E-state index contributed by atoms with van der Waals surface area (Å²) in [6, 6.07) is 5.81. The van der Waals surface area contributed by atoms with Crippen LogP contribution in [0.25, 0.3) is 5.69 Å². The number of hydrogen-bond donors (Lipinski definition) is 2. The molecule has 1 heterocycles. The maximum Gasteiger partial charge on any atom is 0.251 e. The lowest BCUT2D eigenvalue weighted by molar-refractivity contribution is 0.0944. The zero-order valence-electron chi connectivity index (χ0n) is 9.51. The molecule has 2 rings (SSSR count). The van der Waals surface area contributed by atoms with Crippen molar-refractivity contribution in [3.63, 3.8) is 0 Å². The van der Waals surface area contributed by atoms with Gasteiger partial charge in [-0.2, -0.15) is 5.10 Å². The Balaban J connectivity index is 2.22. The minimum atomic E-state index is -0.532. The van der Waals surface area contributed by atoms with Crippen molar-refractivity contribution in [2.24, 2.45) is 0 Å². The topological polar surface area (TPSA) is 67.2 Å². The maximum atomic E-state index is 13.8. The number of nitrogens with one attached hydrogen (secondary N) is 1. The molecule has 0 aliphatic heterocycles. The first-order chi connectivity index (χ1) is 8.72. The van der Waals surface area contributed by atoms with E-state index in [9.17, 15) is 9.18 Å². The zero-order valence-corrected chi connectivity index (χ0v) is 9.51. The number of aromatic nitrogens is 2. The molecule has 0 aliphatic rings. The molecule has 0 saturated carbocycles. The number of carbonyl (C=O) groups is 1. The Bertz CT molecular complexity index is 540. The van der Waals surface area contributed by atoms with Crippen LogP contribution in [-0.4, -0.2) is 33.9 Å². The van der Waals surface area contributed by atoms with Crippen LogP contribution < -0.4 is 5.32 Å². The highest BCUT2D eigenvalue weighted by Crippen LogP contribution is 2.14. The molecule has 1 aromatic carbocycles. The Hall–Kier alpha value is -2.21. The van der Waals surface area contributed by atoms with Crippen LogP contribution in [0.4, 0.5) is 4.39 Å². The Morgan fingerprint density at radius 2 is 2.33 bits per heavy atom. The molecule has 2 aromatic rings. The molecule has 1 aromatic heterocycles. The van der Waals surface area contributed by atoms with Crippen LogP contribution in [-0.2, 0) is 0 Å². The monoisotopic (exact) mass is 249 g/mol. The summed E-state index contributed by atoms with van der Waals surface area (Å²) in [6.07, 6.45) is 3.16. The molecule has 18 heavy (non-hydrogen) atoms. The lowest BCUT2D eigenvalue weighted by atomic mass is 10.2. The minimum absolute atomic E-state index is 0.140. The van der Waals surface area contributed by atoms with Gasteiger partial charge in [-0.25, -0.2) is 9.07 Å². The van der Waals surface area contributed by atoms with Crippen molar-refractivity contribution < 1.29 is 14.3 Å². The van der Waals surface area contributed by atoms with E-state index in [1.807, 2.05) is 0 Å². The number of hydrogen-bond acceptors (Lipinski definition) is 3. The largest absolute Gasteiger partial charge is 0.395 e. The van der Waals surface area contributed by atoms with Gasteiger partial charge < -0.3 is 10.4 Å². The molecule has 0 saturated heterocycles. The second kappa shape index (κ2) is 5.42. The summed E-state index contributed by atoms with van der Waals surface area (Å²) in [5.74, 6) is -0.953. The number of aliphatic hydroxyl groups is 1. The van der Waals surface area contributed by atoms with Gasteiger partial charge >= 0.3 is 0 Å². The van der Waals surface area contributed by atoms with Crippen molar-refractivity contribution in [1.82, 2.24) is 15.1 Å². The molecule has 0 unspecified atom stereocenters. The highest BCUT2D eigenvalue weighted by atomic mass is 19.1. The third-order valence-electron chi connectivity index (χ3n) is 2.36. The fraction of sp³-hybridized carbons (Fsp3) is 0.167. The number of halogens is 1. The molecule has 0 radical (unpaired) electrons.